The molecule has 14 heavy (non-hydrogen) atoms. The van der Waals surface area contributed by atoms with Crippen LogP contribution in [0.2, 0.25) is 0 Å². The van der Waals surface area contributed by atoms with Gasteiger partial charge in [-0.05, 0) is 18.1 Å². The molecule has 0 spiro atoms. The number of aromatic hydroxyl groups is 1. The Balaban J connectivity index is 2.77. The molecule has 0 aromatic heterocycles. The number of phenols is 1. The van der Waals surface area contributed by atoms with Crippen molar-refractivity contribution in [2.45, 2.75) is 6.42 Å². The van der Waals surface area contributed by atoms with E-state index in [9.17, 15) is 9.90 Å². The smallest absolute Gasteiger partial charge is 0.308 e. The first-order valence-electron chi connectivity index (χ1n) is 4.35. The van der Waals surface area contributed by atoms with E-state index in [1.54, 1.807) is 18.2 Å². The van der Waals surface area contributed by atoms with Gasteiger partial charge in [0.1, 0.15) is 5.75 Å². The molecule has 0 amide bonds. The van der Waals surface area contributed by atoms with Gasteiger partial charge in [-0.2, -0.15) is 0 Å². The van der Waals surface area contributed by atoms with Crippen LogP contribution in [0.5, 0.6) is 5.75 Å². The molecule has 1 rings (SSSR count). The first-order valence-corrected chi connectivity index (χ1v) is 4.35. The zero-order valence-corrected chi connectivity index (χ0v) is 7.68. The highest BCUT2D eigenvalue weighted by atomic mass is 16.4. The van der Waals surface area contributed by atoms with Crippen molar-refractivity contribution < 1.29 is 15.0 Å². The molecule has 1 atom stereocenters. The summed E-state index contributed by atoms with van der Waals surface area (Å²) < 4.78 is 0. The van der Waals surface area contributed by atoms with Crippen LogP contribution in [0.1, 0.15) is 5.56 Å². The fourth-order valence-electron chi connectivity index (χ4n) is 1.22. The van der Waals surface area contributed by atoms with Gasteiger partial charge in [0.2, 0.25) is 0 Å². The molecular formula is C10H13NO3. The Hall–Kier alpha value is -1.55. The van der Waals surface area contributed by atoms with Crippen molar-refractivity contribution in [3.8, 4) is 5.75 Å². The van der Waals surface area contributed by atoms with E-state index in [4.69, 9.17) is 10.8 Å². The number of carboxylic acid groups (broad SMARTS) is 1. The minimum atomic E-state index is -0.934. The van der Waals surface area contributed by atoms with Gasteiger partial charge in [-0.1, -0.05) is 18.2 Å². The summed E-state index contributed by atoms with van der Waals surface area (Å²) in [6.07, 6.45) is 0.262. The van der Waals surface area contributed by atoms with Crippen molar-refractivity contribution in [3.63, 3.8) is 0 Å². The standard InChI is InChI=1S/C10H13NO3/c11-6-8(10(13)14)5-7-3-1-2-4-9(7)12/h1-4,8,12H,5-6,11H2,(H,13,14). The highest BCUT2D eigenvalue weighted by molar-refractivity contribution is 5.70. The summed E-state index contributed by atoms with van der Waals surface area (Å²) in [7, 11) is 0. The predicted octanol–water partition coefficient (Wildman–Crippen LogP) is 0.594. The zero-order valence-electron chi connectivity index (χ0n) is 7.68. The maximum absolute atomic E-state index is 10.7. The second-order valence-electron chi connectivity index (χ2n) is 3.10. The minimum absolute atomic E-state index is 0.0731. The highest BCUT2D eigenvalue weighted by Crippen LogP contribution is 2.19. The molecule has 0 aliphatic heterocycles. The van der Waals surface area contributed by atoms with Crippen LogP contribution in [0.15, 0.2) is 24.3 Å². The Morgan fingerprint density at radius 1 is 1.43 bits per heavy atom. The Morgan fingerprint density at radius 2 is 2.07 bits per heavy atom. The van der Waals surface area contributed by atoms with E-state index < -0.39 is 11.9 Å². The lowest BCUT2D eigenvalue weighted by molar-refractivity contribution is -0.141. The normalized spacial score (nSPS) is 12.4. The third-order valence-electron chi connectivity index (χ3n) is 2.09. The average molecular weight is 195 g/mol. The van der Waals surface area contributed by atoms with Crippen molar-refractivity contribution in [2.75, 3.05) is 6.54 Å². The molecule has 0 saturated heterocycles. The van der Waals surface area contributed by atoms with E-state index >= 15 is 0 Å². The first-order chi connectivity index (χ1) is 6.65. The fourth-order valence-corrected chi connectivity index (χ4v) is 1.22. The number of rotatable bonds is 4. The molecule has 0 aliphatic carbocycles. The third kappa shape index (κ3) is 2.47. The van der Waals surface area contributed by atoms with Crippen LogP contribution in [0.3, 0.4) is 0 Å². The molecule has 0 radical (unpaired) electrons. The number of nitrogens with two attached hydrogens (primary N) is 1. The largest absolute Gasteiger partial charge is 0.508 e. The SMILES string of the molecule is NCC(Cc1ccccc1O)C(=O)O. The Kier molecular flexibility index (Phi) is 3.48. The van der Waals surface area contributed by atoms with Crippen molar-refractivity contribution in [1.82, 2.24) is 0 Å². The van der Waals surface area contributed by atoms with Gasteiger partial charge < -0.3 is 15.9 Å². The maximum atomic E-state index is 10.7. The number of carboxylic acids is 1. The third-order valence-corrected chi connectivity index (χ3v) is 2.09. The molecule has 0 saturated carbocycles. The first kappa shape index (κ1) is 10.5. The second-order valence-corrected chi connectivity index (χ2v) is 3.10. The van der Waals surface area contributed by atoms with Crippen LogP contribution in [-0.4, -0.2) is 22.7 Å². The number of hydrogen-bond donors (Lipinski definition) is 3. The molecule has 0 bridgehead atoms. The number of para-hydroxylation sites is 1. The topological polar surface area (TPSA) is 83.5 Å². The van der Waals surface area contributed by atoms with Gasteiger partial charge in [-0.3, -0.25) is 4.79 Å². The minimum Gasteiger partial charge on any atom is -0.508 e. The second kappa shape index (κ2) is 4.62. The van der Waals surface area contributed by atoms with E-state index in [1.165, 1.54) is 6.07 Å². The van der Waals surface area contributed by atoms with Crippen LogP contribution in [0, 0.1) is 5.92 Å². The van der Waals surface area contributed by atoms with E-state index in [-0.39, 0.29) is 18.7 Å². The summed E-state index contributed by atoms with van der Waals surface area (Å²) in [6, 6.07) is 6.67. The lowest BCUT2D eigenvalue weighted by Gasteiger charge is -2.10. The summed E-state index contributed by atoms with van der Waals surface area (Å²) in [6.45, 7) is 0.0731. The monoisotopic (exact) mass is 195 g/mol. The van der Waals surface area contributed by atoms with Crippen molar-refractivity contribution in [2.24, 2.45) is 11.7 Å². The summed E-state index contributed by atoms with van der Waals surface area (Å²) >= 11 is 0. The van der Waals surface area contributed by atoms with Crippen molar-refractivity contribution >= 4 is 5.97 Å². The number of phenolic OH excluding ortho intramolecular Hbond substituents is 1. The molecule has 1 aromatic carbocycles. The van der Waals surface area contributed by atoms with E-state index in [2.05, 4.69) is 0 Å². The number of benzene rings is 1. The van der Waals surface area contributed by atoms with Gasteiger partial charge in [0.25, 0.3) is 0 Å². The molecule has 1 aromatic rings. The van der Waals surface area contributed by atoms with Gasteiger partial charge in [0, 0.05) is 6.54 Å². The Morgan fingerprint density at radius 3 is 2.57 bits per heavy atom. The Labute approximate surface area is 82.0 Å². The zero-order chi connectivity index (χ0) is 10.6. The number of hydrogen-bond acceptors (Lipinski definition) is 3. The lowest BCUT2D eigenvalue weighted by Crippen LogP contribution is -2.25. The maximum Gasteiger partial charge on any atom is 0.308 e. The van der Waals surface area contributed by atoms with Gasteiger partial charge in [0.05, 0.1) is 5.92 Å². The predicted molar refractivity (Wildman–Crippen MR) is 52.0 cm³/mol. The summed E-state index contributed by atoms with van der Waals surface area (Å²) in [4.78, 5) is 10.7. The van der Waals surface area contributed by atoms with Gasteiger partial charge in [0.15, 0.2) is 0 Å². The van der Waals surface area contributed by atoms with Crippen molar-refractivity contribution in [3.05, 3.63) is 29.8 Å². The van der Waals surface area contributed by atoms with Crippen LogP contribution < -0.4 is 5.73 Å². The molecule has 76 valence electrons. The average Bonchev–Trinajstić information content (AvgIpc) is 2.16. The van der Waals surface area contributed by atoms with Gasteiger partial charge in [-0.15, -0.1) is 0 Å². The lowest BCUT2D eigenvalue weighted by atomic mass is 9.99. The molecule has 1 unspecified atom stereocenters. The molecular weight excluding hydrogens is 182 g/mol. The Bertz CT molecular complexity index is 325. The van der Waals surface area contributed by atoms with Gasteiger partial charge >= 0.3 is 5.97 Å². The summed E-state index contributed by atoms with van der Waals surface area (Å²) in [5, 5.41) is 18.2. The van der Waals surface area contributed by atoms with Crippen molar-refractivity contribution in [1.29, 1.82) is 0 Å². The van der Waals surface area contributed by atoms with E-state index in [1.807, 2.05) is 0 Å². The number of aliphatic carboxylic acids is 1. The molecule has 0 aliphatic rings. The molecule has 4 N–H and O–H groups in total. The fraction of sp³-hybridized carbons (Fsp3) is 0.300. The van der Waals surface area contributed by atoms with Crippen LogP contribution in [0.25, 0.3) is 0 Å². The molecule has 0 heterocycles. The van der Waals surface area contributed by atoms with E-state index in [0.29, 0.717) is 5.56 Å². The van der Waals surface area contributed by atoms with Gasteiger partial charge in [-0.25, -0.2) is 0 Å². The summed E-state index contributed by atoms with van der Waals surface area (Å²) in [5.41, 5.74) is 5.93. The molecule has 0 fully saturated rings. The summed E-state index contributed by atoms with van der Waals surface area (Å²) in [5.74, 6) is -1.45. The van der Waals surface area contributed by atoms with Crippen LogP contribution >= 0.6 is 0 Å². The van der Waals surface area contributed by atoms with E-state index in [0.717, 1.165) is 0 Å². The molecule has 4 nitrogen and oxygen atoms in total. The van der Waals surface area contributed by atoms with Crippen LogP contribution in [-0.2, 0) is 11.2 Å². The van der Waals surface area contributed by atoms with Crippen LogP contribution in [0.4, 0.5) is 0 Å². The number of carbonyl (C=O) groups is 1. The quantitative estimate of drug-likeness (QED) is 0.656. The molecule has 4 heteroatoms. The highest BCUT2D eigenvalue weighted by Gasteiger charge is 2.17.